The van der Waals surface area contributed by atoms with Gasteiger partial charge in [-0.1, -0.05) is 11.8 Å². The molecule has 0 aromatic heterocycles. The smallest absolute Gasteiger partial charge is 0.158 e. The molecule has 0 saturated heterocycles. The number of benzene rings is 1. The van der Waals surface area contributed by atoms with Crippen LogP contribution in [0.5, 0.6) is 5.75 Å². The summed E-state index contributed by atoms with van der Waals surface area (Å²) in [5, 5.41) is -0.0682. The van der Waals surface area contributed by atoms with Crippen LogP contribution in [0.15, 0.2) is 4.90 Å². The highest BCUT2D eigenvalue weighted by Crippen LogP contribution is 2.46. The molecule has 0 radical (unpaired) electrons. The molecule has 1 aromatic rings. The summed E-state index contributed by atoms with van der Waals surface area (Å²) < 4.78 is 5.53. The summed E-state index contributed by atoms with van der Waals surface area (Å²) in [5.41, 5.74) is 21.2. The largest absolute Gasteiger partial charge is 0.488 e. The van der Waals surface area contributed by atoms with Gasteiger partial charge in [-0.15, -0.1) is 0 Å². The Labute approximate surface area is 93.1 Å². The summed E-state index contributed by atoms with van der Waals surface area (Å²) >= 11 is 1.52. The van der Waals surface area contributed by atoms with Gasteiger partial charge in [0.25, 0.3) is 0 Å². The number of fused-ring (bicyclic) bond motifs is 1. The lowest BCUT2D eigenvalue weighted by Gasteiger charge is -2.26. The highest BCUT2D eigenvalue weighted by Gasteiger charge is 2.24. The van der Waals surface area contributed by atoms with Crippen molar-refractivity contribution in [1.29, 1.82) is 0 Å². The van der Waals surface area contributed by atoms with Gasteiger partial charge in [-0.3, -0.25) is 0 Å². The molecule has 6 N–H and O–H groups in total. The Morgan fingerprint density at radius 3 is 2.47 bits per heavy atom. The van der Waals surface area contributed by atoms with E-state index < -0.39 is 0 Å². The number of hydrogen-bond donors (Lipinski definition) is 3. The van der Waals surface area contributed by atoms with Crippen LogP contribution in [-0.4, -0.2) is 12.0 Å². The van der Waals surface area contributed by atoms with Crippen molar-refractivity contribution in [2.45, 2.75) is 24.1 Å². The lowest BCUT2D eigenvalue weighted by Crippen LogP contribution is -2.28. The standard InChI is InChI=1S/C10H15N3OS/c1-4-5(2)8(13)10-9(7(4)12)14-3-6(11)15-10/h6H,3,11-13H2,1-2H3. The third-order valence-electron chi connectivity index (χ3n) is 2.73. The number of anilines is 2. The fourth-order valence-corrected chi connectivity index (χ4v) is 2.60. The van der Waals surface area contributed by atoms with Gasteiger partial charge in [0, 0.05) is 0 Å². The lowest BCUT2D eigenvalue weighted by molar-refractivity contribution is 0.306. The Bertz CT molecular complexity index is 420. The van der Waals surface area contributed by atoms with E-state index in [1.165, 1.54) is 11.8 Å². The molecule has 0 bridgehead atoms. The zero-order valence-corrected chi connectivity index (χ0v) is 9.65. The average Bonchev–Trinajstić information content (AvgIpc) is 2.23. The minimum absolute atomic E-state index is 0.0682. The normalized spacial score (nSPS) is 19.5. The van der Waals surface area contributed by atoms with Crippen LogP contribution >= 0.6 is 11.8 Å². The quantitative estimate of drug-likeness (QED) is 0.578. The van der Waals surface area contributed by atoms with Gasteiger partial charge in [0.1, 0.15) is 6.61 Å². The molecule has 0 aliphatic carbocycles. The minimum Gasteiger partial charge on any atom is -0.488 e. The molecule has 0 fully saturated rings. The maximum atomic E-state index is 6.02. The van der Waals surface area contributed by atoms with E-state index in [1.54, 1.807) is 0 Å². The van der Waals surface area contributed by atoms with Crippen LogP contribution < -0.4 is 21.9 Å². The molecule has 5 heteroatoms. The van der Waals surface area contributed by atoms with Crippen LogP contribution in [0, 0.1) is 13.8 Å². The second-order valence-corrected chi connectivity index (χ2v) is 4.95. The third kappa shape index (κ3) is 1.52. The average molecular weight is 225 g/mol. The summed E-state index contributed by atoms with van der Waals surface area (Å²) in [5.74, 6) is 0.697. The Kier molecular flexibility index (Phi) is 2.44. The maximum absolute atomic E-state index is 6.02. The van der Waals surface area contributed by atoms with E-state index in [1.807, 2.05) is 13.8 Å². The molecule has 2 rings (SSSR count). The predicted octanol–water partition coefficient (Wildman–Crippen LogP) is 1.24. The van der Waals surface area contributed by atoms with E-state index in [4.69, 9.17) is 21.9 Å². The van der Waals surface area contributed by atoms with E-state index >= 15 is 0 Å². The van der Waals surface area contributed by atoms with Crippen LogP contribution in [0.3, 0.4) is 0 Å². The number of hydrogen-bond acceptors (Lipinski definition) is 5. The lowest BCUT2D eigenvalue weighted by atomic mass is 10.1. The Hall–Kier alpha value is -1.07. The molecule has 1 atom stereocenters. The molecule has 82 valence electrons. The maximum Gasteiger partial charge on any atom is 0.158 e. The van der Waals surface area contributed by atoms with Crippen LogP contribution in [0.25, 0.3) is 0 Å². The number of ether oxygens (including phenoxy) is 1. The van der Waals surface area contributed by atoms with Gasteiger partial charge in [0.2, 0.25) is 0 Å². The first-order valence-corrected chi connectivity index (χ1v) is 5.63. The monoisotopic (exact) mass is 225 g/mol. The molecule has 1 heterocycles. The first-order chi connectivity index (χ1) is 7.02. The molecule has 0 spiro atoms. The van der Waals surface area contributed by atoms with E-state index in [9.17, 15) is 0 Å². The summed E-state index contributed by atoms with van der Waals surface area (Å²) in [7, 11) is 0. The van der Waals surface area contributed by atoms with Crippen molar-refractivity contribution in [2.75, 3.05) is 18.1 Å². The summed E-state index contributed by atoms with van der Waals surface area (Å²) in [6, 6.07) is 0. The van der Waals surface area contributed by atoms with Crippen LogP contribution in [-0.2, 0) is 0 Å². The first kappa shape index (κ1) is 10.4. The van der Waals surface area contributed by atoms with Crippen molar-refractivity contribution in [1.82, 2.24) is 0 Å². The number of thioether (sulfide) groups is 1. The van der Waals surface area contributed by atoms with Gasteiger partial charge >= 0.3 is 0 Å². The number of rotatable bonds is 0. The predicted molar refractivity (Wildman–Crippen MR) is 64.1 cm³/mol. The molecule has 15 heavy (non-hydrogen) atoms. The highest BCUT2D eigenvalue weighted by molar-refractivity contribution is 8.00. The van der Waals surface area contributed by atoms with Crippen molar-refractivity contribution < 1.29 is 4.74 Å². The van der Waals surface area contributed by atoms with Crippen molar-refractivity contribution in [3.63, 3.8) is 0 Å². The number of nitrogen functional groups attached to an aromatic ring is 2. The highest BCUT2D eigenvalue weighted by atomic mass is 32.2. The Balaban J connectivity index is 2.65. The molecule has 1 aliphatic rings. The SMILES string of the molecule is Cc1c(C)c(N)c2c(c1N)OCC(N)S2. The second-order valence-electron chi connectivity index (χ2n) is 3.70. The molecule has 0 saturated carbocycles. The Morgan fingerprint density at radius 1 is 1.20 bits per heavy atom. The van der Waals surface area contributed by atoms with Gasteiger partial charge in [0.05, 0.1) is 21.6 Å². The van der Waals surface area contributed by atoms with Gasteiger partial charge < -0.3 is 21.9 Å². The summed E-state index contributed by atoms with van der Waals surface area (Å²) in [4.78, 5) is 0.884. The van der Waals surface area contributed by atoms with Gasteiger partial charge in [0.15, 0.2) is 5.75 Å². The van der Waals surface area contributed by atoms with Crippen LogP contribution in [0.1, 0.15) is 11.1 Å². The fourth-order valence-electron chi connectivity index (χ4n) is 1.60. The Morgan fingerprint density at radius 2 is 1.80 bits per heavy atom. The first-order valence-electron chi connectivity index (χ1n) is 4.75. The minimum atomic E-state index is -0.0682. The van der Waals surface area contributed by atoms with Crippen molar-refractivity contribution >= 4 is 23.1 Å². The topological polar surface area (TPSA) is 87.3 Å². The van der Waals surface area contributed by atoms with Crippen LogP contribution in [0.2, 0.25) is 0 Å². The second kappa shape index (κ2) is 3.50. The third-order valence-corrected chi connectivity index (χ3v) is 3.81. The molecule has 1 unspecified atom stereocenters. The zero-order chi connectivity index (χ0) is 11.2. The van der Waals surface area contributed by atoms with Crippen LogP contribution in [0.4, 0.5) is 11.4 Å². The van der Waals surface area contributed by atoms with E-state index in [0.717, 1.165) is 21.7 Å². The van der Waals surface area contributed by atoms with E-state index in [-0.39, 0.29) is 5.37 Å². The summed E-state index contributed by atoms with van der Waals surface area (Å²) in [6.45, 7) is 4.38. The van der Waals surface area contributed by atoms with Crippen molar-refractivity contribution in [2.24, 2.45) is 5.73 Å². The molecule has 4 nitrogen and oxygen atoms in total. The molecule has 1 aliphatic heterocycles. The summed E-state index contributed by atoms with van der Waals surface area (Å²) in [6.07, 6.45) is 0. The molecule has 1 aromatic carbocycles. The molecule has 0 amide bonds. The van der Waals surface area contributed by atoms with Gasteiger partial charge in [-0.25, -0.2) is 0 Å². The molecular formula is C10H15N3OS. The molecular weight excluding hydrogens is 210 g/mol. The fraction of sp³-hybridized carbons (Fsp3) is 0.400. The zero-order valence-electron chi connectivity index (χ0n) is 8.83. The van der Waals surface area contributed by atoms with E-state index in [2.05, 4.69) is 0 Å². The van der Waals surface area contributed by atoms with Crippen molar-refractivity contribution in [3.05, 3.63) is 11.1 Å². The van der Waals surface area contributed by atoms with Crippen molar-refractivity contribution in [3.8, 4) is 5.75 Å². The van der Waals surface area contributed by atoms with Gasteiger partial charge in [-0.2, -0.15) is 0 Å². The van der Waals surface area contributed by atoms with E-state index in [0.29, 0.717) is 18.0 Å². The van der Waals surface area contributed by atoms with Gasteiger partial charge in [-0.05, 0) is 25.0 Å². The number of nitrogens with two attached hydrogens (primary N) is 3.